The predicted molar refractivity (Wildman–Crippen MR) is 98.1 cm³/mol. The van der Waals surface area contributed by atoms with Gasteiger partial charge in [-0.2, -0.15) is 0 Å². The molecule has 0 radical (unpaired) electrons. The van der Waals surface area contributed by atoms with Crippen molar-refractivity contribution in [3.05, 3.63) is 23.5 Å². The Morgan fingerprint density at radius 3 is 3.00 bits per heavy atom. The summed E-state index contributed by atoms with van der Waals surface area (Å²) in [5.41, 5.74) is 6.16. The first kappa shape index (κ1) is 18.2. The number of nitrogens with zero attached hydrogens (tertiary/aromatic N) is 4. The second kappa shape index (κ2) is 7.31. The first-order chi connectivity index (χ1) is 11.7. The summed E-state index contributed by atoms with van der Waals surface area (Å²) in [5.74, 6) is 0.540. The van der Waals surface area contributed by atoms with Crippen LogP contribution in [0.5, 0.6) is 0 Å². The number of hydrogen-bond acceptors (Lipinski definition) is 5. The molecule has 2 aliphatic heterocycles. The number of amides is 2. The summed E-state index contributed by atoms with van der Waals surface area (Å²) in [6.45, 7) is 2.47. The Labute approximate surface area is 156 Å². The molecule has 0 saturated carbocycles. The van der Waals surface area contributed by atoms with E-state index in [1.165, 1.54) is 11.3 Å². The third-order valence-corrected chi connectivity index (χ3v) is 5.88. The van der Waals surface area contributed by atoms with Gasteiger partial charge in [0.15, 0.2) is 4.96 Å². The van der Waals surface area contributed by atoms with Gasteiger partial charge in [-0.3, -0.25) is 14.0 Å². The highest BCUT2D eigenvalue weighted by atomic mass is 35.5. The van der Waals surface area contributed by atoms with Gasteiger partial charge in [-0.05, 0) is 18.8 Å². The van der Waals surface area contributed by atoms with Gasteiger partial charge >= 0.3 is 0 Å². The van der Waals surface area contributed by atoms with Crippen LogP contribution in [-0.4, -0.2) is 63.2 Å². The second-order valence-corrected chi connectivity index (χ2v) is 7.37. The average molecular weight is 384 g/mol. The number of carbonyl (C=O) groups is 2. The molecule has 7 nitrogen and oxygen atoms in total. The zero-order valence-corrected chi connectivity index (χ0v) is 15.5. The molecule has 2 aromatic rings. The third kappa shape index (κ3) is 3.26. The lowest BCUT2D eigenvalue weighted by atomic mass is 9.83. The van der Waals surface area contributed by atoms with Crippen molar-refractivity contribution in [1.82, 2.24) is 19.2 Å². The Morgan fingerprint density at radius 2 is 2.24 bits per heavy atom. The molecule has 2 aromatic heterocycles. The summed E-state index contributed by atoms with van der Waals surface area (Å²) in [4.78, 5) is 34.0. The van der Waals surface area contributed by atoms with E-state index in [1.807, 2.05) is 25.8 Å². The normalized spacial score (nSPS) is 23.5. The van der Waals surface area contributed by atoms with E-state index >= 15 is 0 Å². The fraction of sp³-hybridized carbons (Fsp3) is 0.562. The lowest BCUT2D eigenvalue weighted by Gasteiger charge is -2.46. The SMILES string of the molecule is Cl.NCCN1C(=O)CC[C@H]2CN(C(=O)c3cn4ccsc4n3)CC[C@H]21. The molecule has 2 amide bonds. The number of carbonyl (C=O) groups excluding carboxylic acids is 2. The van der Waals surface area contributed by atoms with Gasteiger partial charge < -0.3 is 15.5 Å². The first-order valence-electron chi connectivity index (χ1n) is 8.38. The standard InChI is InChI=1S/C16H21N5O2S.ClH/c17-4-6-21-13-3-5-19(9-11(13)1-2-14(21)22)15(23)12-10-20-7-8-24-16(20)18-12;/h7-8,10-11,13H,1-6,9,17H2;1H/t11-,13+;/m0./s1. The number of likely N-dealkylation sites (tertiary alicyclic amines) is 2. The van der Waals surface area contributed by atoms with Crippen LogP contribution in [0.2, 0.25) is 0 Å². The maximum atomic E-state index is 12.8. The van der Waals surface area contributed by atoms with Crippen LogP contribution >= 0.6 is 23.7 Å². The molecule has 0 bridgehead atoms. The molecule has 0 aliphatic carbocycles. The topological polar surface area (TPSA) is 83.9 Å². The van der Waals surface area contributed by atoms with E-state index in [0.29, 0.717) is 44.2 Å². The van der Waals surface area contributed by atoms with Gasteiger partial charge in [0.25, 0.3) is 5.91 Å². The molecule has 9 heteroatoms. The largest absolute Gasteiger partial charge is 0.338 e. The van der Waals surface area contributed by atoms with Crippen molar-refractivity contribution < 1.29 is 9.59 Å². The number of thiazole rings is 1. The number of nitrogens with two attached hydrogens (primary N) is 1. The minimum Gasteiger partial charge on any atom is -0.338 e. The van der Waals surface area contributed by atoms with Crippen LogP contribution in [0.3, 0.4) is 0 Å². The van der Waals surface area contributed by atoms with E-state index < -0.39 is 0 Å². The number of piperidine rings is 2. The number of imidazole rings is 1. The maximum Gasteiger partial charge on any atom is 0.274 e. The first-order valence-corrected chi connectivity index (χ1v) is 9.26. The van der Waals surface area contributed by atoms with Gasteiger partial charge in [0.1, 0.15) is 5.69 Å². The Balaban J connectivity index is 0.00000182. The van der Waals surface area contributed by atoms with Crippen molar-refractivity contribution in [2.75, 3.05) is 26.2 Å². The number of aromatic nitrogens is 2. The number of rotatable bonds is 3. The molecule has 2 saturated heterocycles. The van der Waals surface area contributed by atoms with Gasteiger partial charge in [0, 0.05) is 56.4 Å². The molecule has 2 aliphatic rings. The molecule has 4 rings (SSSR count). The van der Waals surface area contributed by atoms with Crippen LogP contribution in [-0.2, 0) is 4.79 Å². The fourth-order valence-corrected chi connectivity index (χ4v) is 4.66. The number of fused-ring (bicyclic) bond motifs is 2. The smallest absolute Gasteiger partial charge is 0.274 e. The van der Waals surface area contributed by atoms with Crippen LogP contribution in [0, 0.1) is 5.92 Å². The van der Waals surface area contributed by atoms with Gasteiger partial charge in [0.05, 0.1) is 0 Å². The molecule has 2 fully saturated rings. The highest BCUT2D eigenvalue weighted by Gasteiger charge is 2.40. The molecule has 0 spiro atoms. The molecular formula is C16H22ClN5O2S. The Hall–Kier alpha value is -1.64. The van der Waals surface area contributed by atoms with E-state index in [-0.39, 0.29) is 30.3 Å². The lowest BCUT2D eigenvalue weighted by Crippen LogP contribution is -2.57. The molecule has 4 heterocycles. The minimum absolute atomic E-state index is 0. The van der Waals surface area contributed by atoms with E-state index in [0.717, 1.165) is 17.8 Å². The van der Waals surface area contributed by atoms with Crippen molar-refractivity contribution in [1.29, 1.82) is 0 Å². The molecule has 0 unspecified atom stereocenters. The highest BCUT2D eigenvalue weighted by molar-refractivity contribution is 7.15. The molecular weight excluding hydrogens is 362 g/mol. The second-order valence-electron chi connectivity index (χ2n) is 6.50. The maximum absolute atomic E-state index is 12.8. The monoisotopic (exact) mass is 383 g/mol. The van der Waals surface area contributed by atoms with E-state index in [2.05, 4.69) is 4.98 Å². The molecule has 25 heavy (non-hydrogen) atoms. The Bertz CT molecular complexity index is 747. The van der Waals surface area contributed by atoms with Crippen LogP contribution in [0.15, 0.2) is 17.8 Å². The number of halogens is 1. The Kier molecular flexibility index (Phi) is 5.31. The molecule has 2 N–H and O–H groups in total. The van der Waals surface area contributed by atoms with Crippen molar-refractivity contribution in [3.63, 3.8) is 0 Å². The average Bonchev–Trinajstić information content (AvgIpc) is 3.18. The zero-order valence-electron chi connectivity index (χ0n) is 13.8. The minimum atomic E-state index is -0.00775. The van der Waals surface area contributed by atoms with E-state index in [9.17, 15) is 9.59 Å². The summed E-state index contributed by atoms with van der Waals surface area (Å²) in [6.07, 6.45) is 5.94. The van der Waals surface area contributed by atoms with Gasteiger partial charge in [-0.15, -0.1) is 23.7 Å². The number of hydrogen-bond donors (Lipinski definition) is 1. The van der Waals surface area contributed by atoms with Gasteiger partial charge in [0.2, 0.25) is 5.91 Å². The van der Waals surface area contributed by atoms with Crippen LogP contribution in [0.1, 0.15) is 29.8 Å². The Morgan fingerprint density at radius 1 is 1.40 bits per heavy atom. The fourth-order valence-electron chi connectivity index (χ4n) is 3.96. The van der Waals surface area contributed by atoms with Crippen molar-refractivity contribution >= 4 is 40.5 Å². The summed E-state index contributed by atoms with van der Waals surface area (Å²) in [7, 11) is 0. The lowest BCUT2D eigenvalue weighted by molar-refractivity contribution is -0.140. The van der Waals surface area contributed by atoms with Crippen molar-refractivity contribution in [3.8, 4) is 0 Å². The molecule has 0 aromatic carbocycles. The summed E-state index contributed by atoms with van der Waals surface area (Å²) in [6, 6.07) is 0.226. The summed E-state index contributed by atoms with van der Waals surface area (Å²) < 4.78 is 1.88. The van der Waals surface area contributed by atoms with Crippen LogP contribution in [0.4, 0.5) is 0 Å². The quantitative estimate of drug-likeness (QED) is 0.863. The summed E-state index contributed by atoms with van der Waals surface area (Å²) >= 11 is 1.52. The van der Waals surface area contributed by atoms with Crippen LogP contribution in [0.25, 0.3) is 4.96 Å². The van der Waals surface area contributed by atoms with E-state index in [4.69, 9.17) is 5.73 Å². The predicted octanol–water partition coefficient (Wildman–Crippen LogP) is 1.23. The molecule has 2 atom stereocenters. The zero-order chi connectivity index (χ0) is 16.7. The van der Waals surface area contributed by atoms with Crippen molar-refractivity contribution in [2.45, 2.75) is 25.3 Å². The van der Waals surface area contributed by atoms with Gasteiger partial charge in [-0.1, -0.05) is 0 Å². The molecule has 136 valence electrons. The summed E-state index contributed by atoms with van der Waals surface area (Å²) in [5, 5.41) is 1.95. The van der Waals surface area contributed by atoms with Crippen LogP contribution < -0.4 is 5.73 Å². The van der Waals surface area contributed by atoms with Gasteiger partial charge in [-0.25, -0.2) is 4.98 Å². The highest BCUT2D eigenvalue weighted by Crippen LogP contribution is 2.31. The third-order valence-electron chi connectivity index (χ3n) is 5.11. The van der Waals surface area contributed by atoms with Crippen molar-refractivity contribution in [2.24, 2.45) is 11.7 Å². The van der Waals surface area contributed by atoms with E-state index in [1.54, 1.807) is 6.20 Å².